The van der Waals surface area contributed by atoms with Crippen molar-refractivity contribution in [2.24, 2.45) is 5.92 Å². The van der Waals surface area contributed by atoms with Crippen LogP contribution in [0.3, 0.4) is 0 Å². The molecule has 2 nitrogen and oxygen atoms in total. The summed E-state index contributed by atoms with van der Waals surface area (Å²) in [6, 6.07) is 13.7. The van der Waals surface area contributed by atoms with Crippen molar-refractivity contribution < 1.29 is 0 Å². The molecular weight excluding hydrogens is 327 g/mol. The summed E-state index contributed by atoms with van der Waals surface area (Å²) in [5, 5.41) is 14.1. The van der Waals surface area contributed by atoms with E-state index in [0.717, 1.165) is 17.7 Å². The third-order valence-corrected chi connectivity index (χ3v) is 5.46. The molecule has 0 radical (unpaired) electrons. The summed E-state index contributed by atoms with van der Waals surface area (Å²) in [7, 11) is 0. The monoisotopic (exact) mass is 340 g/mol. The molecule has 2 aromatic carbocycles. The molecule has 0 amide bonds. The molecule has 1 heterocycles. The van der Waals surface area contributed by atoms with E-state index in [2.05, 4.69) is 23.5 Å². The molecule has 0 bridgehead atoms. The molecule has 0 spiro atoms. The van der Waals surface area contributed by atoms with E-state index in [1.165, 1.54) is 5.56 Å². The predicted octanol–water partition coefficient (Wildman–Crippen LogP) is 5.69. The van der Waals surface area contributed by atoms with Gasteiger partial charge >= 0.3 is 0 Å². The Bertz CT molecular complexity index is 831. The number of fused-ring (bicyclic) bond motifs is 3. The lowest BCUT2D eigenvalue weighted by atomic mass is 9.76. The number of nitrogens with zero attached hydrogens (tertiary/aromatic N) is 1. The summed E-state index contributed by atoms with van der Waals surface area (Å²) in [6.45, 7) is 0. The Balaban J connectivity index is 1.84. The second-order valence-electron chi connectivity index (χ2n) is 6.02. The summed E-state index contributed by atoms with van der Waals surface area (Å²) < 4.78 is 0. The highest BCUT2D eigenvalue weighted by Crippen LogP contribution is 2.51. The van der Waals surface area contributed by atoms with E-state index in [1.807, 2.05) is 36.4 Å². The van der Waals surface area contributed by atoms with Crippen molar-refractivity contribution in [2.45, 2.75) is 18.4 Å². The first-order valence-electron chi connectivity index (χ1n) is 7.60. The molecule has 0 fully saturated rings. The van der Waals surface area contributed by atoms with Gasteiger partial charge in [-0.05, 0) is 48.2 Å². The number of nitriles is 1. The number of hydrogen-bond acceptors (Lipinski definition) is 2. The second-order valence-corrected chi connectivity index (χ2v) is 6.84. The van der Waals surface area contributed by atoms with Crippen molar-refractivity contribution in [1.82, 2.24) is 0 Å². The first-order valence-corrected chi connectivity index (χ1v) is 8.36. The van der Waals surface area contributed by atoms with E-state index in [9.17, 15) is 0 Å². The number of allylic oxidation sites excluding steroid dienone is 2. The van der Waals surface area contributed by atoms with E-state index in [4.69, 9.17) is 28.5 Å². The van der Waals surface area contributed by atoms with Crippen LogP contribution in [0.15, 0.2) is 48.6 Å². The van der Waals surface area contributed by atoms with Gasteiger partial charge in [-0.25, -0.2) is 0 Å². The molecule has 23 heavy (non-hydrogen) atoms. The molecule has 0 saturated heterocycles. The highest BCUT2D eigenvalue weighted by atomic mass is 35.5. The molecule has 3 unspecified atom stereocenters. The van der Waals surface area contributed by atoms with Gasteiger partial charge in [0.2, 0.25) is 0 Å². The quantitative estimate of drug-likeness (QED) is 0.676. The Morgan fingerprint density at radius 1 is 1.13 bits per heavy atom. The summed E-state index contributed by atoms with van der Waals surface area (Å²) in [6.07, 6.45) is 5.42. The van der Waals surface area contributed by atoms with E-state index >= 15 is 0 Å². The molecular formula is C19H14Cl2N2. The zero-order chi connectivity index (χ0) is 16.0. The lowest BCUT2D eigenvalue weighted by Crippen LogP contribution is -2.29. The first-order chi connectivity index (χ1) is 11.2. The fourth-order valence-electron chi connectivity index (χ4n) is 3.76. The van der Waals surface area contributed by atoms with Gasteiger partial charge in [-0.1, -0.05) is 41.4 Å². The maximum Gasteiger partial charge on any atom is 0.0991 e. The van der Waals surface area contributed by atoms with E-state index in [-0.39, 0.29) is 12.0 Å². The SMILES string of the molecule is N#Cc1ccc2c(c1)C1C=CCC1C(c1c(Cl)cccc1Cl)N2. The number of halogens is 2. The zero-order valence-corrected chi connectivity index (χ0v) is 13.8. The molecule has 0 aromatic heterocycles. The Labute approximate surface area is 145 Å². The summed E-state index contributed by atoms with van der Waals surface area (Å²) in [4.78, 5) is 0. The third-order valence-electron chi connectivity index (χ3n) is 4.80. The van der Waals surface area contributed by atoms with Crippen LogP contribution in [0, 0.1) is 17.2 Å². The Morgan fingerprint density at radius 2 is 1.91 bits per heavy atom. The number of rotatable bonds is 1. The fraction of sp³-hybridized carbons (Fsp3) is 0.211. The molecule has 2 aliphatic rings. The van der Waals surface area contributed by atoms with Gasteiger partial charge < -0.3 is 5.32 Å². The van der Waals surface area contributed by atoms with Gasteiger partial charge in [0.05, 0.1) is 17.7 Å². The predicted molar refractivity (Wildman–Crippen MR) is 94.0 cm³/mol. The normalized spacial score (nSPS) is 24.5. The molecule has 114 valence electrons. The molecule has 0 saturated carbocycles. The maximum absolute atomic E-state index is 9.16. The van der Waals surface area contributed by atoms with Crippen molar-refractivity contribution >= 4 is 28.9 Å². The number of benzene rings is 2. The maximum atomic E-state index is 9.16. The van der Waals surface area contributed by atoms with E-state index < -0.39 is 0 Å². The van der Waals surface area contributed by atoms with Crippen LogP contribution in [0.25, 0.3) is 0 Å². The van der Waals surface area contributed by atoms with Gasteiger partial charge in [-0.3, -0.25) is 0 Å². The van der Waals surface area contributed by atoms with Crippen LogP contribution in [-0.4, -0.2) is 0 Å². The topological polar surface area (TPSA) is 35.8 Å². The molecule has 3 atom stereocenters. The molecule has 1 N–H and O–H groups in total. The lowest BCUT2D eigenvalue weighted by Gasteiger charge is -2.38. The summed E-state index contributed by atoms with van der Waals surface area (Å²) in [5.41, 5.74) is 3.89. The smallest absolute Gasteiger partial charge is 0.0991 e. The van der Waals surface area contributed by atoms with Crippen LogP contribution < -0.4 is 5.32 Å². The molecule has 1 aliphatic carbocycles. The van der Waals surface area contributed by atoms with Crippen molar-refractivity contribution in [3.05, 3.63) is 75.3 Å². The third kappa shape index (κ3) is 2.32. The molecule has 4 rings (SSSR count). The molecule has 4 heteroatoms. The standard InChI is InChI=1S/C19H14Cl2N2/c20-15-5-2-6-16(21)18(15)19-13-4-1-3-12(13)14-9-11(10-22)7-8-17(14)23-19/h1-3,5-9,12-13,19,23H,4H2. The van der Waals surface area contributed by atoms with Crippen molar-refractivity contribution in [2.75, 3.05) is 5.32 Å². The first kappa shape index (κ1) is 14.6. The van der Waals surface area contributed by atoms with Gasteiger partial charge in [0, 0.05) is 27.2 Å². The summed E-state index contributed by atoms with van der Waals surface area (Å²) in [5.74, 6) is 0.644. The summed E-state index contributed by atoms with van der Waals surface area (Å²) >= 11 is 12.9. The fourth-order valence-corrected chi connectivity index (χ4v) is 4.39. The van der Waals surface area contributed by atoms with Gasteiger partial charge in [0.15, 0.2) is 0 Å². The van der Waals surface area contributed by atoms with Crippen molar-refractivity contribution in [1.29, 1.82) is 5.26 Å². The average Bonchev–Trinajstić information content (AvgIpc) is 3.04. The zero-order valence-electron chi connectivity index (χ0n) is 12.3. The Hall–Kier alpha value is -1.95. The average molecular weight is 341 g/mol. The van der Waals surface area contributed by atoms with Crippen LogP contribution in [0.5, 0.6) is 0 Å². The largest absolute Gasteiger partial charge is 0.378 e. The van der Waals surface area contributed by atoms with Gasteiger partial charge in [-0.2, -0.15) is 5.26 Å². The van der Waals surface area contributed by atoms with E-state index in [1.54, 1.807) is 0 Å². The van der Waals surface area contributed by atoms with Gasteiger partial charge in [0.25, 0.3) is 0 Å². The van der Waals surface area contributed by atoms with Crippen molar-refractivity contribution in [3.63, 3.8) is 0 Å². The number of anilines is 1. The number of nitrogens with one attached hydrogen (secondary N) is 1. The van der Waals surface area contributed by atoms with Gasteiger partial charge in [-0.15, -0.1) is 0 Å². The van der Waals surface area contributed by atoms with Crippen LogP contribution in [0.4, 0.5) is 5.69 Å². The van der Waals surface area contributed by atoms with Crippen LogP contribution in [0.2, 0.25) is 10.0 Å². The highest BCUT2D eigenvalue weighted by Gasteiger charge is 2.39. The minimum absolute atomic E-state index is 0.0663. The van der Waals surface area contributed by atoms with Crippen LogP contribution in [0.1, 0.15) is 35.1 Å². The Morgan fingerprint density at radius 3 is 2.65 bits per heavy atom. The lowest BCUT2D eigenvalue weighted by molar-refractivity contribution is 0.426. The second kappa shape index (κ2) is 5.60. The minimum atomic E-state index is 0.0663. The van der Waals surface area contributed by atoms with Crippen LogP contribution in [-0.2, 0) is 0 Å². The minimum Gasteiger partial charge on any atom is -0.378 e. The molecule has 2 aromatic rings. The van der Waals surface area contributed by atoms with E-state index in [0.29, 0.717) is 21.5 Å². The van der Waals surface area contributed by atoms with Crippen LogP contribution >= 0.6 is 23.2 Å². The molecule has 1 aliphatic heterocycles. The van der Waals surface area contributed by atoms with Gasteiger partial charge in [0.1, 0.15) is 0 Å². The Kier molecular flexibility index (Phi) is 3.56. The number of hydrogen-bond donors (Lipinski definition) is 1. The highest BCUT2D eigenvalue weighted by molar-refractivity contribution is 6.36. The van der Waals surface area contributed by atoms with Crippen molar-refractivity contribution in [3.8, 4) is 6.07 Å².